The Morgan fingerprint density at radius 3 is 2.45 bits per heavy atom. The highest BCUT2D eigenvalue weighted by molar-refractivity contribution is 7.95. The Morgan fingerprint density at radius 1 is 1.14 bits per heavy atom. The summed E-state index contributed by atoms with van der Waals surface area (Å²) in [5, 5.41) is 9.61. The first-order valence-electron chi connectivity index (χ1n) is 6.15. The molecular weight excluding hydrogens is 327 g/mol. The van der Waals surface area contributed by atoms with Gasteiger partial charge in [0.2, 0.25) is 9.84 Å². The fourth-order valence-electron chi connectivity index (χ4n) is 2.18. The van der Waals surface area contributed by atoms with E-state index in [9.17, 15) is 12.8 Å². The summed E-state index contributed by atoms with van der Waals surface area (Å²) < 4.78 is 38.2. The van der Waals surface area contributed by atoms with E-state index >= 15 is 0 Å². The molecule has 2 aromatic rings. The molecule has 0 fully saturated rings. The zero-order chi connectivity index (χ0) is 15.9. The molecule has 0 unspecified atom stereocenters. The second kappa shape index (κ2) is 5.13. The third-order valence-electron chi connectivity index (χ3n) is 3.22. The van der Waals surface area contributed by atoms with Crippen LogP contribution in [-0.2, 0) is 9.84 Å². The van der Waals surface area contributed by atoms with Gasteiger partial charge in [-0.05, 0) is 42.5 Å². The van der Waals surface area contributed by atoms with E-state index in [2.05, 4.69) is 0 Å². The lowest BCUT2D eigenvalue weighted by atomic mass is 10.2. The summed E-state index contributed by atoms with van der Waals surface area (Å²) in [4.78, 5) is 0.943. The third kappa shape index (κ3) is 2.25. The molecule has 1 aliphatic rings. The van der Waals surface area contributed by atoms with Crippen LogP contribution in [0, 0.1) is 17.1 Å². The van der Waals surface area contributed by atoms with Gasteiger partial charge < -0.3 is 4.90 Å². The number of nitriles is 1. The van der Waals surface area contributed by atoms with Crippen molar-refractivity contribution in [1.29, 1.82) is 5.26 Å². The quantitative estimate of drug-likeness (QED) is 0.745. The molecule has 0 bridgehead atoms. The van der Waals surface area contributed by atoms with Crippen molar-refractivity contribution < 1.29 is 12.8 Å². The molecule has 1 heterocycles. The Kier molecular flexibility index (Phi) is 3.39. The zero-order valence-electron chi connectivity index (χ0n) is 11.0. The minimum absolute atomic E-state index is 0.108. The van der Waals surface area contributed by atoms with E-state index < -0.39 is 20.6 Å². The molecule has 3 rings (SSSR count). The largest absolute Gasteiger partial charge is 0.314 e. The average molecular weight is 335 g/mol. The molecule has 22 heavy (non-hydrogen) atoms. The summed E-state index contributed by atoms with van der Waals surface area (Å²) in [6, 6.07) is 11.6. The molecule has 0 N–H and O–H groups in total. The number of allylic oxidation sites excluding steroid dienone is 1. The van der Waals surface area contributed by atoms with Crippen molar-refractivity contribution >= 4 is 32.8 Å². The number of hydrogen-bond donors (Lipinski definition) is 0. The van der Waals surface area contributed by atoms with Crippen LogP contribution >= 0.6 is 11.6 Å². The first-order chi connectivity index (χ1) is 10.4. The van der Waals surface area contributed by atoms with E-state index in [-0.39, 0.29) is 10.6 Å². The van der Waals surface area contributed by atoms with Gasteiger partial charge in [0.15, 0.2) is 4.91 Å². The van der Waals surface area contributed by atoms with Gasteiger partial charge in [-0.1, -0.05) is 11.6 Å². The van der Waals surface area contributed by atoms with Gasteiger partial charge in [-0.25, -0.2) is 12.8 Å². The Morgan fingerprint density at radius 2 is 1.82 bits per heavy atom. The highest BCUT2D eigenvalue weighted by Crippen LogP contribution is 2.39. The van der Waals surface area contributed by atoms with Gasteiger partial charge in [0.25, 0.3) is 0 Å². The predicted octanol–water partition coefficient (Wildman–Crippen LogP) is 3.77. The van der Waals surface area contributed by atoms with Gasteiger partial charge >= 0.3 is 0 Å². The van der Waals surface area contributed by atoms with Crippen molar-refractivity contribution in [1.82, 2.24) is 0 Å². The summed E-state index contributed by atoms with van der Waals surface area (Å²) in [5.41, 5.74) is 0.722. The Labute approximate surface area is 131 Å². The molecule has 0 radical (unpaired) electrons. The fraction of sp³-hybridized carbons (Fsp3) is 0. The van der Waals surface area contributed by atoms with Crippen molar-refractivity contribution in [2.24, 2.45) is 0 Å². The number of benzene rings is 2. The number of fused-ring (bicyclic) bond motifs is 1. The van der Waals surface area contributed by atoms with Crippen LogP contribution in [0.3, 0.4) is 0 Å². The van der Waals surface area contributed by atoms with Crippen LogP contribution in [0.15, 0.2) is 58.5 Å². The Bertz CT molecular complexity index is 931. The standard InChI is InChI=1S/C15H8ClFN2O2S/c16-10-1-4-12(5-2-10)19-9-13(8-18)22(20,21)15-6-3-11(17)7-14(15)19/h1-7,9H. The normalized spacial score (nSPS) is 15.7. The molecule has 0 saturated heterocycles. The highest BCUT2D eigenvalue weighted by Gasteiger charge is 2.32. The van der Waals surface area contributed by atoms with E-state index in [0.29, 0.717) is 10.7 Å². The summed E-state index contributed by atoms with van der Waals surface area (Å²) in [6.45, 7) is 0. The lowest BCUT2D eigenvalue weighted by Crippen LogP contribution is -2.21. The second-order valence-corrected chi connectivity index (χ2v) is 6.89. The number of sulfone groups is 1. The number of nitrogens with zero attached hydrogens (tertiary/aromatic N) is 2. The first-order valence-corrected chi connectivity index (χ1v) is 8.01. The molecule has 0 atom stereocenters. The van der Waals surface area contributed by atoms with Gasteiger partial charge in [0.05, 0.1) is 10.6 Å². The maximum absolute atomic E-state index is 13.6. The molecule has 4 nitrogen and oxygen atoms in total. The molecule has 0 amide bonds. The van der Waals surface area contributed by atoms with Crippen molar-refractivity contribution in [3.8, 4) is 6.07 Å². The van der Waals surface area contributed by atoms with Crippen molar-refractivity contribution in [2.75, 3.05) is 4.90 Å². The van der Waals surface area contributed by atoms with Crippen LogP contribution in [0.4, 0.5) is 15.8 Å². The van der Waals surface area contributed by atoms with E-state index in [1.54, 1.807) is 30.3 Å². The van der Waals surface area contributed by atoms with Crippen LogP contribution in [0.5, 0.6) is 0 Å². The summed E-state index contributed by atoms with van der Waals surface area (Å²) in [6.07, 6.45) is 1.18. The Hall–Kier alpha value is -2.36. The first kappa shape index (κ1) is 14.6. The molecule has 1 aliphatic heterocycles. The number of anilines is 2. The summed E-state index contributed by atoms with van der Waals surface area (Å²) in [7, 11) is -3.93. The second-order valence-electron chi connectivity index (χ2n) is 4.57. The maximum Gasteiger partial charge on any atom is 0.220 e. The van der Waals surface area contributed by atoms with E-state index in [4.69, 9.17) is 16.9 Å². The molecule has 7 heteroatoms. The SMILES string of the molecule is N#CC1=CN(c2ccc(Cl)cc2)c2cc(F)ccc2S1(=O)=O. The maximum atomic E-state index is 13.6. The predicted molar refractivity (Wildman–Crippen MR) is 80.9 cm³/mol. The van der Waals surface area contributed by atoms with Gasteiger partial charge in [0, 0.05) is 16.9 Å². The van der Waals surface area contributed by atoms with Crippen molar-refractivity contribution in [3.05, 3.63) is 64.4 Å². The third-order valence-corrected chi connectivity index (χ3v) is 5.17. The van der Waals surface area contributed by atoms with E-state index in [0.717, 1.165) is 18.2 Å². The highest BCUT2D eigenvalue weighted by atomic mass is 35.5. The molecule has 0 spiro atoms. The van der Waals surface area contributed by atoms with Crippen LogP contribution in [0.2, 0.25) is 5.02 Å². The van der Waals surface area contributed by atoms with E-state index in [1.807, 2.05) is 0 Å². The lowest BCUT2D eigenvalue weighted by molar-refractivity contribution is 0.600. The van der Waals surface area contributed by atoms with Crippen LogP contribution in [0.1, 0.15) is 0 Å². The van der Waals surface area contributed by atoms with Crippen molar-refractivity contribution in [2.45, 2.75) is 4.90 Å². The summed E-state index contributed by atoms with van der Waals surface area (Å²) in [5.74, 6) is -0.568. The summed E-state index contributed by atoms with van der Waals surface area (Å²) >= 11 is 5.84. The molecule has 0 aromatic heterocycles. The minimum Gasteiger partial charge on any atom is -0.314 e. The lowest BCUT2D eigenvalue weighted by Gasteiger charge is -2.27. The molecule has 110 valence electrons. The fourth-order valence-corrected chi connectivity index (χ4v) is 3.59. The number of hydrogen-bond acceptors (Lipinski definition) is 4. The number of halogens is 2. The van der Waals surface area contributed by atoms with Crippen LogP contribution < -0.4 is 4.90 Å². The zero-order valence-corrected chi connectivity index (χ0v) is 12.6. The number of rotatable bonds is 1. The van der Waals surface area contributed by atoms with Gasteiger partial charge in [-0.15, -0.1) is 0 Å². The molecule has 2 aromatic carbocycles. The van der Waals surface area contributed by atoms with Gasteiger partial charge in [-0.3, -0.25) is 0 Å². The molecular formula is C15H8ClFN2O2S. The molecule has 0 saturated carbocycles. The van der Waals surface area contributed by atoms with Crippen LogP contribution in [0.25, 0.3) is 0 Å². The monoisotopic (exact) mass is 334 g/mol. The molecule has 0 aliphatic carbocycles. The van der Waals surface area contributed by atoms with Gasteiger partial charge in [0.1, 0.15) is 11.9 Å². The minimum atomic E-state index is -3.93. The average Bonchev–Trinajstić information content (AvgIpc) is 2.48. The topological polar surface area (TPSA) is 61.2 Å². The van der Waals surface area contributed by atoms with Crippen LogP contribution in [-0.4, -0.2) is 8.42 Å². The van der Waals surface area contributed by atoms with Crippen molar-refractivity contribution in [3.63, 3.8) is 0 Å². The van der Waals surface area contributed by atoms with E-state index in [1.165, 1.54) is 11.1 Å². The van der Waals surface area contributed by atoms with Gasteiger partial charge in [-0.2, -0.15) is 5.26 Å². The smallest absolute Gasteiger partial charge is 0.220 e. The Balaban J connectivity index is 2.29.